The predicted octanol–water partition coefficient (Wildman–Crippen LogP) is 5.09. The van der Waals surface area contributed by atoms with E-state index in [0.29, 0.717) is 27.7 Å². The summed E-state index contributed by atoms with van der Waals surface area (Å²) in [4.78, 5) is 26.4. The third kappa shape index (κ3) is 3.35. The van der Waals surface area contributed by atoms with Gasteiger partial charge in [-0.15, -0.1) is 0 Å². The summed E-state index contributed by atoms with van der Waals surface area (Å²) in [6.45, 7) is 5.97. The number of nitrogens with one attached hydrogen (secondary N) is 1. The molecule has 0 bridgehead atoms. The predicted molar refractivity (Wildman–Crippen MR) is 121 cm³/mol. The number of rotatable bonds is 3. The molecule has 0 fully saturated rings. The Labute approximate surface area is 175 Å². The molecule has 0 saturated carbocycles. The molecular formula is C25H23N3O2. The summed E-state index contributed by atoms with van der Waals surface area (Å²) < 4.78 is 1.41. The van der Waals surface area contributed by atoms with Crippen LogP contribution in [0.1, 0.15) is 37.4 Å². The lowest BCUT2D eigenvalue weighted by Crippen LogP contribution is -2.18. The fourth-order valence-corrected chi connectivity index (χ4v) is 3.56. The van der Waals surface area contributed by atoms with Crippen LogP contribution in [0.2, 0.25) is 0 Å². The minimum atomic E-state index is -0.345. The average molecular weight is 397 g/mol. The van der Waals surface area contributed by atoms with E-state index in [2.05, 4.69) is 5.32 Å². The first-order chi connectivity index (χ1) is 14.4. The van der Waals surface area contributed by atoms with Gasteiger partial charge in [-0.25, -0.2) is 0 Å². The number of nitrogens with two attached hydrogens (primary N) is 1. The van der Waals surface area contributed by atoms with Gasteiger partial charge in [-0.3, -0.25) is 14.2 Å². The number of amides is 1. The van der Waals surface area contributed by atoms with Gasteiger partial charge >= 0.3 is 0 Å². The molecule has 150 valence electrons. The van der Waals surface area contributed by atoms with Crippen LogP contribution in [0.15, 0.2) is 66.7 Å². The van der Waals surface area contributed by atoms with Gasteiger partial charge in [-0.2, -0.15) is 0 Å². The molecule has 0 unspecified atom stereocenters. The number of aryl methyl sites for hydroxylation is 3. The normalized spacial score (nSPS) is 10.9. The summed E-state index contributed by atoms with van der Waals surface area (Å²) >= 11 is 0. The van der Waals surface area contributed by atoms with Gasteiger partial charge in [0.15, 0.2) is 0 Å². The Balaban J connectivity index is 1.80. The van der Waals surface area contributed by atoms with Crippen molar-refractivity contribution in [1.29, 1.82) is 0 Å². The summed E-state index contributed by atoms with van der Waals surface area (Å²) in [5, 5.41) is 3.55. The van der Waals surface area contributed by atoms with E-state index in [9.17, 15) is 9.59 Å². The van der Waals surface area contributed by atoms with Crippen molar-refractivity contribution in [2.45, 2.75) is 20.8 Å². The van der Waals surface area contributed by atoms with Crippen molar-refractivity contribution in [3.8, 4) is 0 Å². The minimum absolute atomic E-state index is 0.128. The Kier molecular flexibility index (Phi) is 4.88. The number of nitrogens with zero attached hydrogens (tertiary/aromatic N) is 1. The van der Waals surface area contributed by atoms with Crippen molar-refractivity contribution in [3.63, 3.8) is 0 Å². The zero-order valence-electron chi connectivity index (χ0n) is 17.2. The quantitative estimate of drug-likeness (QED) is 0.505. The van der Waals surface area contributed by atoms with Crippen molar-refractivity contribution in [1.82, 2.24) is 4.57 Å². The fourth-order valence-electron chi connectivity index (χ4n) is 3.56. The number of nitrogen functional groups attached to an aromatic ring is 1. The zero-order chi connectivity index (χ0) is 21.4. The first kappa shape index (κ1) is 19.5. The van der Waals surface area contributed by atoms with Crippen LogP contribution in [0.5, 0.6) is 0 Å². The molecule has 0 aliphatic carbocycles. The molecular weight excluding hydrogens is 374 g/mol. The number of carbonyl (C=O) groups is 2. The maximum atomic E-state index is 13.2. The molecule has 3 N–H and O–H groups in total. The molecule has 4 aromatic rings. The van der Waals surface area contributed by atoms with Gasteiger partial charge in [-0.1, -0.05) is 42.0 Å². The minimum Gasteiger partial charge on any atom is -0.384 e. The fraction of sp³-hybridized carbons (Fsp3) is 0.120. The zero-order valence-corrected chi connectivity index (χ0v) is 17.2. The van der Waals surface area contributed by atoms with Crippen LogP contribution in [-0.4, -0.2) is 16.4 Å². The maximum absolute atomic E-state index is 13.2. The lowest BCUT2D eigenvalue weighted by Gasteiger charge is -2.09. The standard InChI is InChI=1S/C25H23N3O2/c1-15-8-11-18(12-9-15)25(30)28-21-7-5-4-6-20(21)22(23(28)26)24(29)27-19-13-10-16(2)17(3)14-19/h4-14H,26H2,1-3H3,(H,27,29). The first-order valence-corrected chi connectivity index (χ1v) is 9.75. The molecule has 30 heavy (non-hydrogen) atoms. The molecule has 1 aromatic heterocycles. The number of aromatic nitrogens is 1. The molecule has 3 aromatic carbocycles. The summed E-state index contributed by atoms with van der Waals surface area (Å²) in [5.74, 6) is -0.487. The lowest BCUT2D eigenvalue weighted by molar-refractivity contribution is 0.0967. The van der Waals surface area contributed by atoms with Crippen molar-refractivity contribution in [2.24, 2.45) is 0 Å². The molecule has 0 radical (unpaired) electrons. The van der Waals surface area contributed by atoms with Crippen LogP contribution in [0.4, 0.5) is 11.5 Å². The Morgan fingerprint density at radius 3 is 2.27 bits per heavy atom. The van der Waals surface area contributed by atoms with Gasteiger partial charge in [0.1, 0.15) is 5.82 Å². The average Bonchev–Trinajstić information content (AvgIpc) is 3.02. The van der Waals surface area contributed by atoms with Crippen LogP contribution in [-0.2, 0) is 0 Å². The largest absolute Gasteiger partial charge is 0.384 e. The van der Waals surface area contributed by atoms with Gasteiger partial charge < -0.3 is 11.1 Å². The van der Waals surface area contributed by atoms with E-state index in [1.54, 1.807) is 24.3 Å². The molecule has 0 saturated heterocycles. The highest BCUT2D eigenvalue weighted by atomic mass is 16.2. The van der Waals surface area contributed by atoms with Crippen LogP contribution in [0, 0.1) is 20.8 Å². The molecule has 0 aliphatic heterocycles. The van der Waals surface area contributed by atoms with Crippen molar-refractivity contribution in [3.05, 3.63) is 94.5 Å². The van der Waals surface area contributed by atoms with E-state index in [4.69, 9.17) is 5.73 Å². The van der Waals surface area contributed by atoms with Crippen LogP contribution < -0.4 is 11.1 Å². The third-order valence-electron chi connectivity index (χ3n) is 5.40. The number of carbonyl (C=O) groups excluding carboxylic acids is 2. The van der Waals surface area contributed by atoms with Crippen molar-refractivity contribution in [2.75, 3.05) is 11.1 Å². The monoisotopic (exact) mass is 397 g/mol. The van der Waals surface area contributed by atoms with E-state index >= 15 is 0 Å². The highest BCUT2D eigenvalue weighted by Gasteiger charge is 2.24. The highest BCUT2D eigenvalue weighted by molar-refractivity contribution is 6.19. The SMILES string of the molecule is Cc1ccc(C(=O)n2c(N)c(C(=O)Nc3ccc(C)c(C)c3)c3ccccc32)cc1. The second-order valence-electron chi connectivity index (χ2n) is 7.54. The topological polar surface area (TPSA) is 77.1 Å². The van der Waals surface area contributed by atoms with E-state index < -0.39 is 0 Å². The molecule has 5 heteroatoms. The number of benzene rings is 3. The van der Waals surface area contributed by atoms with Crippen LogP contribution in [0.3, 0.4) is 0 Å². The van der Waals surface area contributed by atoms with Crippen LogP contribution in [0.25, 0.3) is 10.9 Å². The molecule has 0 atom stereocenters. The second kappa shape index (κ2) is 7.52. The van der Waals surface area contributed by atoms with E-state index in [1.807, 2.05) is 63.2 Å². The van der Waals surface area contributed by atoms with Gasteiger partial charge in [0.25, 0.3) is 11.8 Å². The van der Waals surface area contributed by atoms with Crippen molar-refractivity contribution < 1.29 is 9.59 Å². The summed E-state index contributed by atoms with van der Waals surface area (Å²) in [7, 11) is 0. The molecule has 5 nitrogen and oxygen atoms in total. The van der Waals surface area contributed by atoms with Crippen molar-refractivity contribution >= 4 is 34.2 Å². The summed E-state index contributed by atoms with van der Waals surface area (Å²) in [6, 6.07) is 20.3. The Hall–Kier alpha value is -3.86. The molecule has 0 spiro atoms. The lowest BCUT2D eigenvalue weighted by atomic mass is 10.1. The summed E-state index contributed by atoms with van der Waals surface area (Å²) in [5.41, 5.74) is 11.8. The Morgan fingerprint density at radius 2 is 1.57 bits per heavy atom. The number of hydrogen-bond acceptors (Lipinski definition) is 3. The molecule has 1 heterocycles. The third-order valence-corrected chi connectivity index (χ3v) is 5.40. The van der Waals surface area contributed by atoms with E-state index in [0.717, 1.165) is 16.7 Å². The van der Waals surface area contributed by atoms with Gasteiger partial charge in [-0.05, 0) is 62.2 Å². The Morgan fingerprint density at radius 1 is 0.867 bits per heavy atom. The number of para-hydroxylation sites is 1. The molecule has 1 amide bonds. The van der Waals surface area contributed by atoms with Gasteiger partial charge in [0.05, 0.1) is 11.1 Å². The highest BCUT2D eigenvalue weighted by Crippen LogP contribution is 2.30. The summed E-state index contributed by atoms with van der Waals surface area (Å²) in [6.07, 6.45) is 0. The van der Waals surface area contributed by atoms with E-state index in [-0.39, 0.29) is 17.6 Å². The smallest absolute Gasteiger partial charge is 0.263 e. The van der Waals surface area contributed by atoms with Gasteiger partial charge in [0, 0.05) is 16.6 Å². The Bertz CT molecular complexity index is 1280. The molecule has 0 aliphatic rings. The first-order valence-electron chi connectivity index (χ1n) is 9.75. The van der Waals surface area contributed by atoms with Gasteiger partial charge in [0.2, 0.25) is 0 Å². The number of anilines is 2. The van der Waals surface area contributed by atoms with Crippen LogP contribution >= 0.6 is 0 Å². The molecule has 4 rings (SSSR count). The van der Waals surface area contributed by atoms with E-state index in [1.165, 1.54) is 4.57 Å². The second-order valence-corrected chi connectivity index (χ2v) is 7.54. The number of fused-ring (bicyclic) bond motifs is 1. The number of hydrogen-bond donors (Lipinski definition) is 2. The maximum Gasteiger partial charge on any atom is 0.263 e.